The molecule has 3 aromatic rings. The lowest BCUT2D eigenvalue weighted by Crippen LogP contribution is -2.19. The normalized spacial score (nSPS) is 13.4. The van der Waals surface area contributed by atoms with Gasteiger partial charge in [0, 0.05) is 33.7 Å². The summed E-state index contributed by atoms with van der Waals surface area (Å²) in [7, 11) is 0. The Morgan fingerprint density at radius 2 is 1.92 bits per heavy atom. The van der Waals surface area contributed by atoms with E-state index in [1.165, 1.54) is 0 Å². The molecule has 0 saturated heterocycles. The molecule has 2 amide bonds. The van der Waals surface area contributed by atoms with Gasteiger partial charge in [-0.2, -0.15) is 0 Å². The minimum absolute atomic E-state index is 0.00723. The molecule has 0 saturated carbocycles. The summed E-state index contributed by atoms with van der Waals surface area (Å²) in [6.07, 6.45) is 1.09. The lowest BCUT2D eigenvalue weighted by Gasteiger charge is -2.17. The predicted molar refractivity (Wildman–Crippen MR) is 99.7 cm³/mol. The molecule has 1 aromatic heterocycles. The minimum Gasteiger partial charge on any atom is -0.349 e. The first-order chi connectivity index (χ1) is 12.0. The highest BCUT2D eigenvalue weighted by atomic mass is 35.5. The van der Waals surface area contributed by atoms with E-state index in [-0.39, 0.29) is 17.5 Å². The SMILES string of the molecule is O=C1CCc2cc(NC(=O)c3[nH]c4ccc(Cl)cc4c3Cl)ccc2N1. The van der Waals surface area contributed by atoms with E-state index in [0.717, 1.165) is 16.8 Å². The number of hydrogen-bond acceptors (Lipinski definition) is 2. The zero-order valence-electron chi connectivity index (χ0n) is 13.0. The molecule has 3 N–H and O–H groups in total. The first-order valence-corrected chi connectivity index (χ1v) is 8.48. The maximum atomic E-state index is 12.6. The van der Waals surface area contributed by atoms with E-state index in [2.05, 4.69) is 15.6 Å². The first-order valence-electron chi connectivity index (χ1n) is 7.72. The number of amides is 2. The molecular formula is C18H13Cl2N3O2. The van der Waals surface area contributed by atoms with Crippen molar-refractivity contribution in [1.29, 1.82) is 0 Å². The lowest BCUT2D eigenvalue weighted by atomic mass is 10.0. The smallest absolute Gasteiger partial charge is 0.273 e. The highest BCUT2D eigenvalue weighted by Gasteiger charge is 2.19. The van der Waals surface area contributed by atoms with Crippen LogP contribution in [0.2, 0.25) is 10.0 Å². The van der Waals surface area contributed by atoms with Crippen molar-refractivity contribution >= 4 is 57.3 Å². The summed E-state index contributed by atoms with van der Waals surface area (Å²) in [5, 5.41) is 7.24. The number of aromatic amines is 1. The Kier molecular flexibility index (Phi) is 3.90. The molecule has 0 radical (unpaired) electrons. The molecule has 25 heavy (non-hydrogen) atoms. The van der Waals surface area contributed by atoms with Gasteiger partial charge in [0.05, 0.1) is 5.02 Å². The number of rotatable bonds is 2. The Bertz CT molecular complexity index is 1030. The molecule has 0 unspecified atom stereocenters. The van der Waals surface area contributed by atoms with Crippen LogP contribution in [0.4, 0.5) is 11.4 Å². The molecule has 2 aromatic carbocycles. The van der Waals surface area contributed by atoms with Gasteiger partial charge in [0.25, 0.3) is 5.91 Å². The summed E-state index contributed by atoms with van der Waals surface area (Å²) in [6.45, 7) is 0. The topological polar surface area (TPSA) is 74.0 Å². The van der Waals surface area contributed by atoms with Crippen LogP contribution in [0.5, 0.6) is 0 Å². The van der Waals surface area contributed by atoms with E-state index < -0.39 is 0 Å². The second kappa shape index (κ2) is 6.10. The van der Waals surface area contributed by atoms with Crippen molar-refractivity contribution in [3.05, 3.63) is 57.7 Å². The number of fused-ring (bicyclic) bond motifs is 2. The Morgan fingerprint density at radius 1 is 1.08 bits per heavy atom. The molecule has 0 aliphatic carbocycles. The molecule has 126 valence electrons. The highest BCUT2D eigenvalue weighted by molar-refractivity contribution is 6.40. The van der Waals surface area contributed by atoms with Crippen molar-refractivity contribution in [3.8, 4) is 0 Å². The second-order valence-corrected chi connectivity index (χ2v) is 6.69. The van der Waals surface area contributed by atoms with Gasteiger partial charge in [0.1, 0.15) is 5.69 Å². The van der Waals surface area contributed by atoms with Crippen LogP contribution in [0.1, 0.15) is 22.5 Å². The number of aryl methyl sites for hydroxylation is 1. The monoisotopic (exact) mass is 373 g/mol. The van der Waals surface area contributed by atoms with Crippen molar-refractivity contribution in [3.63, 3.8) is 0 Å². The van der Waals surface area contributed by atoms with Crippen molar-refractivity contribution in [2.45, 2.75) is 12.8 Å². The van der Waals surface area contributed by atoms with Gasteiger partial charge in [-0.15, -0.1) is 0 Å². The quantitative estimate of drug-likeness (QED) is 0.613. The largest absolute Gasteiger partial charge is 0.349 e. The lowest BCUT2D eigenvalue weighted by molar-refractivity contribution is -0.116. The zero-order valence-corrected chi connectivity index (χ0v) is 14.5. The summed E-state index contributed by atoms with van der Waals surface area (Å²) in [5.74, 6) is -0.329. The highest BCUT2D eigenvalue weighted by Crippen LogP contribution is 2.31. The fraction of sp³-hybridized carbons (Fsp3) is 0.111. The Morgan fingerprint density at radius 3 is 2.76 bits per heavy atom. The summed E-state index contributed by atoms with van der Waals surface area (Å²) in [5.41, 5.74) is 3.45. The van der Waals surface area contributed by atoms with Gasteiger partial charge < -0.3 is 15.6 Å². The molecule has 1 aliphatic rings. The van der Waals surface area contributed by atoms with Crippen LogP contribution in [0.3, 0.4) is 0 Å². The van der Waals surface area contributed by atoms with Gasteiger partial charge in [-0.25, -0.2) is 0 Å². The van der Waals surface area contributed by atoms with Crippen molar-refractivity contribution < 1.29 is 9.59 Å². The van der Waals surface area contributed by atoms with Crippen molar-refractivity contribution in [1.82, 2.24) is 4.98 Å². The Labute approximate surface area is 153 Å². The van der Waals surface area contributed by atoms with Gasteiger partial charge in [-0.3, -0.25) is 9.59 Å². The molecule has 1 aliphatic heterocycles. The maximum Gasteiger partial charge on any atom is 0.273 e. The van der Waals surface area contributed by atoms with Crippen LogP contribution in [0, 0.1) is 0 Å². The van der Waals surface area contributed by atoms with E-state index in [1.54, 1.807) is 30.3 Å². The van der Waals surface area contributed by atoms with E-state index in [0.29, 0.717) is 34.0 Å². The van der Waals surface area contributed by atoms with Gasteiger partial charge >= 0.3 is 0 Å². The molecular weight excluding hydrogens is 361 g/mol. The fourth-order valence-electron chi connectivity index (χ4n) is 2.94. The molecule has 7 heteroatoms. The third-order valence-corrected chi connectivity index (χ3v) is 4.81. The molecule has 0 atom stereocenters. The summed E-state index contributed by atoms with van der Waals surface area (Å²) in [4.78, 5) is 27.0. The predicted octanol–water partition coefficient (Wildman–Crippen LogP) is 4.61. The second-order valence-electron chi connectivity index (χ2n) is 5.88. The van der Waals surface area contributed by atoms with Crippen LogP contribution in [0.15, 0.2) is 36.4 Å². The molecule has 0 bridgehead atoms. The van der Waals surface area contributed by atoms with Crippen molar-refractivity contribution in [2.75, 3.05) is 10.6 Å². The van der Waals surface area contributed by atoms with Crippen LogP contribution in [-0.2, 0) is 11.2 Å². The van der Waals surface area contributed by atoms with E-state index in [4.69, 9.17) is 23.2 Å². The zero-order chi connectivity index (χ0) is 17.6. The average Bonchev–Trinajstić information content (AvgIpc) is 2.91. The number of carbonyl (C=O) groups excluding carboxylic acids is 2. The molecule has 4 rings (SSSR count). The number of hydrogen-bond donors (Lipinski definition) is 3. The van der Waals surface area contributed by atoms with Crippen LogP contribution in [-0.4, -0.2) is 16.8 Å². The summed E-state index contributed by atoms with van der Waals surface area (Å²) in [6, 6.07) is 10.6. The Hall–Kier alpha value is -2.50. The van der Waals surface area contributed by atoms with Gasteiger partial charge in [-0.05, 0) is 48.4 Å². The number of halogens is 2. The third-order valence-electron chi connectivity index (χ3n) is 4.18. The number of carbonyl (C=O) groups is 2. The number of anilines is 2. The summed E-state index contributed by atoms with van der Waals surface area (Å²) < 4.78 is 0. The van der Waals surface area contributed by atoms with E-state index in [9.17, 15) is 9.59 Å². The van der Waals surface area contributed by atoms with Crippen LogP contribution >= 0.6 is 23.2 Å². The van der Waals surface area contributed by atoms with E-state index in [1.807, 2.05) is 6.07 Å². The standard InChI is InChI=1S/C18H13Cl2N3O2/c19-10-2-4-14-12(8-10)16(20)17(23-14)18(25)21-11-3-5-13-9(7-11)1-6-15(24)22-13/h2-5,7-8,23H,1,6H2,(H,21,25)(H,22,24). The van der Waals surface area contributed by atoms with E-state index >= 15 is 0 Å². The average molecular weight is 374 g/mol. The van der Waals surface area contributed by atoms with Crippen LogP contribution < -0.4 is 10.6 Å². The Balaban J connectivity index is 1.62. The molecule has 0 spiro atoms. The molecule has 5 nitrogen and oxygen atoms in total. The number of nitrogens with one attached hydrogen (secondary N) is 3. The number of aromatic nitrogens is 1. The number of benzene rings is 2. The van der Waals surface area contributed by atoms with Gasteiger partial charge in [-0.1, -0.05) is 23.2 Å². The fourth-order valence-corrected chi connectivity index (χ4v) is 3.40. The minimum atomic E-state index is -0.336. The van der Waals surface area contributed by atoms with Gasteiger partial charge in [0.2, 0.25) is 5.91 Å². The molecule has 0 fully saturated rings. The summed E-state index contributed by atoms with van der Waals surface area (Å²) >= 11 is 12.3. The third kappa shape index (κ3) is 2.97. The maximum absolute atomic E-state index is 12.6. The molecule has 2 heterocycles. The van der Waals surface area contributed by atoms with Gasteiger partial charge in [0.15, 0.2) is 0 Å². The first kappa shape index (κ1) is 16.0. The number of H-pyrrole nitrogens is 1. The van der Waals surface area contributed by atoms with Crippen LogP contribution in [0.25, 0.3) is 10.9 Å². The van der Waals surface area contributed by atoms with Crippen molar-refractivity contribution in [2.24, 2.45) is 0 Å².